The van der Waals surface area contributed by atoms with E-state index < -0.39 is 74.1 Å². The van der Waals surface area contributed by atoms with Gasteiger partial charge in [-0.1, -0.05) is 0 Å². The Balaban J connectivity index is 3.85. The molecule has 0 aromatic heterocycles. The largest absolute Gasteiger partial charge is 0.480 e. The van der Waals surface area contributed by atoms with E-state index in [0.29, 0.717) is 0 Å². The standard InChI is InChI=1S/C14H22N6O8/c1-8(21)15-2-9(22)16-3-10(23)17-4-11(24)18-5-12(25)19-6-13(26)20-7-14(27)28/h2-7H2,1H3,(H,15,21)(H,16,22)(H,17,23)(H,18,24)(H,19,25)(H,20,26)(H,27,28). The van der Waals surface area contributed by atoms with Gasteiger partial charge in [0.05, 0.1) is 32.7 Å². The number of amides is 6. The van der Waals surface area contributed by atoms with Crippen LogP contribution >= 0.6 is 0 Å². The van der Waals surface area contributed by atoms with Crippen LogP contribution in [0.3, 0.4) is 0 Å². The van der Waals surface area contributed by atoms with Gasteiger partial charge < -0.3 is 37.0 Å². The van der Waals surface area contributed by atoms with Crippen LogP contribution in [0.1, 0.15) is 6.92 Å². The molecule has 0 bridgehead atoms. The molecule has 14 heteroatoms. The van der Waals surface area contributed by atoms with E-state index in [1.165, 1.54) is 6.92 Å². The van der Waals surface area contributed by atoms with Gasteiger partial charge in [0.25, 0.3) is 0 Å². The van der Waals surface area contributed by atoms with E-state index in [1.807, 2.05) is 5.32 Å². The molecule has 14 nitrogen and oxygen atoms in total. The molecule has 0 atom stereocenters. The summed E-state index contributed by atoms with van der Waals surface area (Å²) < 4.78 is 0. The molecule has 0 aliphatic carbocycles. The van der Waals surface area contributed by atoms with Crippen molar-refractivity contribution in [2.45, 2.75) is 6.92 Å². The first kappa shape index (κ1) is 24.3. The Bertz CT molecular complexity index is 583. The maximum Gasteiger partial charge on any atom is 0.322 e. The molecule has 6 amide bonds. The summed E-state index contributed by atoms with van der Waals surface area (Å²) in [4.78, 5) is 77.7. The quantitative estimate of drug-likeness (QED) is 0.167. The van der Waals surface area contributed by atoms with Crippen LogP contribution < -0.4 is 31.9 Å². The van der Waals surface area contributed by atoms with Crippen molar-refractivity contribution in [2.75, 3.05) is 39.3 Å². The molecule has 0 saturated heterocycles. The van der Waals surface area contributed by atoms with Gasteiger partial charge in [0.2, 0.25) is 35.4 Å². The van der Waals surface area contributed by atoms with E-state index in [9.17, 15) is 33.6 Å². The number of aliphatic carboxylic acids is 1. The smallest absolute Gasteiger partial charge is 0.322 e. The third-order valence-corrected chi connectivity index (χ3v) is 2.72. The Labute approximate surface area is 159 Å². The van der Waals surface area contributed by atoms with Crippen molar-refractivity contribution in [3.05, 3.63) is 0 Å². The number of carbonyl (C=O) groups is 7. The summed E-state index contributed by atoms with van der Waals surface area (Å²) >= 11 is 0. The SMILES string of the molecule is CC(=O)NCC(=O)NCC(=O)NCC(=O)NCC(=O)NCC(=O)NCC(=O)O. The normalized spacial score (nSPS) is 9.46. The Hall–Kier alpha value is -3.71. The van der Waals surface area contributed by atoms with Crippen LogP contribution in [0, 0.1) is 0 Å². The summed E-state index contributed by atoms with van der Waals surface area (Å²) in [6.45, 7) is -1.42. The fourth-order valence-electron chi connectivity index (χ4n) is 1.41. The Kier molecular flexibility index (Phi) is 11.7. The minimum Gasteiger partial charge on any atom is -0.480 e. The molecule has 0 saturated carbocycles. The third kappa shape index (κ3) is 14.6. The van der Waals surface area contributed by atoms with E-state index >= 15 is 0 Å². The fraction of sp³-hybridized carbons (Fsp3) is 0.500. The van der Waals surface area contributed by atoms with Gasteiger partial charge in [-0.05, 0) is 0 Å². The van der Waals surface area contributed by atoms with Gasteiger partial charge in [-0.15, -0.1) is 0 Å². The molecule has 0 spiro atoms. The van der Waals surface area contributed by atoms with Crippen LogP contribution in [0.4, 0.5) is 0 Å². The second-order valence-corrected chi connectivity index (χ2v) is 5.19. The average Bonchev–Trinajstić information content (AvgIpc) is 2.63. The second-order valence-electron chi connectivity index (χ2n) is 5.19. The lowest BCUT2D eigenvalue weighted by molar-refractivity contribution is -0.137. The van der Waals surface area contributed by atoms with Crippen molar-refractivity contribution >= 4 is 41.4 Å². The van der Waals surface area contributed by atoms with Gasteiger partial charge in [0.15, 0.2) is 0 Å². The molecular weight excluding hydrogens is 380 g/mol. The number of nitrogens with one attached hydrogen (secondary N) is 6. The van der Waals surface area contributed by atoms with Gasteiger partial charge in [-0.3, -0.25) is 33.6 Å². The maximum absolute atomic E-state index is 11.5. The topological polar surface area (TPSA) is 212 Å². The van der Waals surface area contributed by atoms with Gasteiger partial charge in [0, 0.05) is 6.92 Å². The van der Waals surface area contributed by atoms with Crippen molar-refractivity contribution in [2.24, 2.45) is 0 Å². The van der Waals surface area contributed by atoms with E-state index in [-0.39, 0.29) is 6.54 Å². The molecule has 156 valence electrons. The Morgan fingerprint density at radius 1 is 0.500 bits per heavy atom. The second kappa shape index (κ2) is 13.5. The number of carboxylic acid groups (broad SMARTS) is 1. The lowest BCUT2D eigenvalue weighted by Gasteiger charge is -2.09. The van der Waals surface area contributed by atoms with Gasteiger partial charge in [-0.25, -0.2) is 0 Å². The number of rotatable bonds is 12. The van der Waals surface area contributed by atoms with Crippen molar-refractivity contribution in [3.8, 4) is 0 Å². The summed E-state index contributed by atoms with van der Waals surface area (Å²) in [5, 5.41) is 21.4. The Morgan fingerprint density at radius 2 is 0.750 bits per heavy atom. The van der Waals surface area contributed by atoms with Crippen LogP contribution in [-0.2, 0) is 33.6 Å². The van der Waals surface area contributed by atoms with Gasteiger partial charge >= 0.3 is 5.97 Å². The lowest BCUT2D eigenvalue weighted by atomic mass is 10.4. The van der Waals surface area contributed by atoms with Gasteiger partial charge in [-0.2, -0.15) is 0 Å². The molecular formula is C14H22N6O8. The summed E-state index contributed by atoms with van der Waals surface area (Å²) in [7, 11) is 0. The summed E-state index contributed by atoms with van der Waals surface area (Å²) in [5.41, 5.74) is 0. The number of carbonyl (C=O) groups excluding carboxylic acids is 6. The third-order valence-electron chi connectivity index (χ3n) is 2.72. The minimum atomic E-state index is -1.23. The fourth-order valence-corrected chi connectivity index (χ4v) is 1.41. The summed E-state index contributed by atoms with van der Waals surface area (Å²) in [5.74, 6) is -4.99. The van der Waals surface area contributed by atoms with Crippen LogP contribution in [0.15, 0.2) is 0 Å². The lowest BCUT2D eigenvalue weighted by Crippen LogP contribution is -2.46. The molecule has 7 N–H and O–H groups in total. The number of hydrogen-bond acceptors (Lipinski definition) is 7. The molecule has 0 heterocycles. The van der Waals surface area contributed by atoms with E-state index in [4.69, 9.17) is 5.11 Å². The van der Waals surface area contributed by atoms with E-state index in [0.717, 1.165) is 0 Å². The summed E-state index contributed by atoms with van der Waals surface area (Å²) in [6, 6.07) is 0. The van der Waals surface area contributed by atoms with Crippen molar-refractivity contribution < 1.29 is 38.7 Å². The number of carboxylic acids is 1. The van der Waals surface area contributed by atoms with E-state index in [2.05, 4.69) is 26.6 Å². The highest BCUT2D eigenvalue weighted by molar-refractivity contribution is 5.91. The monoisotopic (exact) mass is 402 g/mol. The zero-order chi connectivity index (χ0) is 21.5. The summed E-state index contributed by atoms with van der Waals surface area (Å²) in [6.07, 6.45) is 0. The van der Waals surface area contributed by atoms with Crippen LogP contribution in [0.2, 0.25) is 0 Å². The zero-order valence-electron chi connectivity index (χ0n) is 15.0. The highest BCUT2D eigenvalue weighted by Crippen LogP contribution is 1.72. The molecule has 0 unspecified atom stereocenters. The highest BCUT2D eigenvalue weighted by atomic mass is 16.4. The molecule has 0 fully saturated rings. The van der Waals surface area contributed by atoms with Crippen LogP contribution in [0.5, 0.6) is 0 Å². The maximum atomic E-state index is 11.5. The van der Waals surface area contributed by atoms with Crippen molar-refractivity contribution in [3.63, 3.8) is 0 Å². The first-order valence-electron chi connectivity index (χ1n) is 7.90. The first-order valence-corrected chi connectivity index (χ1v) is 7.90. The molecule has 0 aromatic carbocycles. The van der Waals surface area contributed by atoms with E-state index in [1.54, 1.807) is 0 Å². The van der Waals surface area contributed by atoms with Crippen LogP contribution in [0.25, 0.3) is 0 Å². The molecule has 0 aliphatic heterocycles. The molecule has 0 radical (unpaired) electrons. The molecule has 28 heavy (non-hydrogen) atoms. The first-order chi connectivity index (χ1) is 13.1. The average molecular weight is 402 g/mol. The predicted octanol–water partition coefficient (Wildman–Crippen LogP) is -5.21. The van der Waals surface area contributed by atoms with Crippen molar-refractivity contribution in [1.29, 1.82) is 0 Å². The number of hydrogen-bond donors (Lipinski definition) is 7. The molecule has 0 aromatic rings. The minimum absolute atomic E-state index is 0.285. The van der Waals surface area contributed by atoms with Gasteiger partial charge in [0.1, 0.15) is 6.54 Å². The zero-order valence-corrected chi connectivity index (χ0v) is 15.0. The molecule has 0 aliphatic rings. The highest BCUT2D eigenvalue weighted by Gasteiger charge is 2.10. The predicted molar refractivity (Wildman–Crippen MR) is 91.4 cm³/mol. The van der Waals surface area contributed by atoms with Crippen LogP contribution in [-0.4, -0.2) is 85.8 Å². The Morgan fingerprint density at radius 3 is 1.00 bits per heavy atom. The molecule has 0 rings (SSSR count). The van der Waals surface area contributed by atoms with Crippen molar-refractivity contribution in [1.82, 2.24) is 31.9 Å².